The van der Waals surface area contributed by atoms with Crippen LogP contribution < -0.4 is 15.4 Å². The van der Waals surface area contributed by atoms with E-state index >= 15 is 0 Å². The van der Waals surface area contributed by atoms with E-state index in [9.17, 15) is 4.79 Å². The summed E-state index contributed by atoms with van der Waals surface area (Å²) in [5.74, 6) is 3.22. The maximum absolute atomic E-state index is 13.0. The van der Waals surface area contributed by atoms with Crippen molar-refractivity contribution in [2.24, 2.45) is 23.2 Å². The van der Waals surface area contributed by atoms with Gasteiger partial charge in [-0.05, 0) is 107 Å². The van der Waals surface area contributed by atoms with Crippen LogP contribution in [-0.4, -0.2) is 17.1 Å². The molecule has 0 aromatic heterocycles. The molecule has 1 aromatic rings. The van der Waals surface area contributed by atoms with Crippen molar-refractivity contribution in [1.82, 2.24) is 5.32 Å². The molecule has 0 spiro atoms. The van der Waals surface area contributed by atoms with E-state index in [0.717, 1.165) is 48.5 Å². The molecule has 4 saturated carbocycles. The number of thiocarbonyl (C=S) groups is 1. The van der Waals surface area contributed by atoms with Crippen molar-refractivity contribution in [1.29, 1.82) is 0 Å². The summed E-state index contributed by atoms with van der Waals surface area (Å²) in [6.45, 7) is 4.00. The van der Waals surface area contributed by atoms with Gasteiger partial charge in [0.25, 0.3) is 0 Å². The predicted octanol–water partition coefficient (Wildman–Crippen LogP) is 4.50. The van der Waals surface area contributed by atoms with Gasteiger partial charge in [0.15, 0.2) is 5.11 Å². The standard InChI is InChI=1S/C21H28N2O2S/c1-13(2)25-18-5-3-17(4-6-18)22-20(26)23-19(24)21-10-14-7-15(11-21)9-16(8-14)12-21/h3-6,13-16H,7-12H2,1-2H3,(H2,22,23,24,26). The third-order valence-corrected chi connectivity index (χ3v) is 6.44. The van der Waals surface area contributed by atoms with Gasteiger partial charge in [0.2, 0.25) is 5.91 Å². The summed E-state index contributed by atoms with van der Waals surface area (Å²) in [5, 5.41) is 6.50. The SMILES string of the molecule is CC(C)Oc1ccc(NC(=S)NC(=O)C23CC4CC(CC(C4)C2)C3)cc1. The van der Waals surface area contributed by atoms with Crippen LogP contribution in [-0.2, 0) is 4.79 Å². The van der Waals surface area contributed by atoms with Gasteiger partial charge in [0.05, 0.1) is 11.5 Å². The Morgan fingerprint density at radius 1 is 1.08 bits per heavy atom. The van der Waals surface area contributed by atoms with E-state index in [1.54, 1.807) is 0 Å². The molecule has 0 atom stereocenters. The average Bonchev–Trinajstić information content (AvgIpc) is 2.55. The summed E-state index contributed by atoms with van der Waals surface area (Å²) in [6.07, 6.45) is 7.30. The molecule has 1 amide bonds. The minimum Gasteiger partial charge on any atom is -0.491 e. The predicted molar refractivity (Wildman–Crippen MR) is 107 cm³/mol. The quantitative estimate of drug-likeness (QED) is 0.764. The normalized spacial score (nSPS) is 31.7. The Hall–Kier alpha value is -1.62. The van der Waals surface area contributed by atoms with Crippen molar-refractivity contribution >= 4 is 28.9 Å². The molecule has 1 aromatic carbocycles. The molecule has 4 bridgehead atoms. The Kier molecular flexibility index (Phi) is 4.68. The Balaban J connectivity index is 1.35. The molecule has 2 N–H and O–H groups in total. The third kappa shape index (κ3) is 3.59. The van der Waals surface area contributed by atoms with Gasteiger partial charge >= 0.3 is 0 Å². The number of benzene rings is 1. The Morgan fingerprint density at radius 3 is 2.12 bits per heavy atom. The van der Waals surface area contributed by atoms with Gasteiger partial charge in [-0.15, -0.1) is 0 Å². The molecule has 5 rings (SSSR count). The van der Waals surface area contributed by atoms with Crippen LogP contribution in [0.15, 0.2) is 24.3 Å². The third-order valence-electron chi connectivity index (χ3n) is 6.23. The second-order valence-corrected chi connectivity index (χ2v) is 9.21. The molecule has 4 aliphatic rings. The molecule has 4 nitrogen and oxygen atoms in total. The second-order valence-electron chi connectivity index (χ2n) is 8.80. The Morgan fingerprint density at radius 2 is 1.62 bits per heavy atom. The van der Waals surface area contributed by atoms with Crippen LogP contribution in [0.2, 0.25) is 0 Å². The summed E-state index contributed by atoms with van der Waals surface area (Å²) in [6, 6.07) is 7.65. The lowest BCUT2D eigenvalue weighted by atomic mass is 9.49. The molecule has 4 fully saturated rings. The monoisotopic (exact) mass is 372 g/mol. The van der Waals surface area contributed by atoms with Crippen LogP contribution in [0, 0.1) is 23.2 Å². The molecule has 0 unspecified atom stereocenters. The summed E-state index contributed by atoms with van der Waals surface area (Å²) < 4.78 is 5.65. The number of rotatable bonds is 4. The molecule has 4 aliphatic carbocycles. The van der Waals surface area contributed by atoms with Crippen molar-refractivity contribution in [3.8, 4) is 5.75 Å². The molecule has 0 radical (unpaired) electrons. The van der Waals surface area contributed by atoms with Crippen LogP contribution in [0.1, 0.15) is 52.4 Å². The maximum atomic E-state index is 13.0. The van der Waals surface area contributed by atoms with Gasteiger partial charge in [-0.25, -0.2) is 0 Å². The van der Waals surface area contributed by atoms with Crippen molar-refractivity contribution in [2.45, 2.75) is 58.5 Å². The fourth-order valence-corrected chi connectivity index (χ4v) is 5.89. The van der Waals surface area contributed by atoms with Crippen molar-refractivity contribution in [3.63, 3.8) is 0 Å². The highest BCUT2D eigenvalue weighted by molar-refractivity contribution is 7.80. The molecule has 140 valence electrons. The van der Waals surface area contributed by atoms with Crippen LogP contribution in [0.25, 0.3) is 0 Å². The highest BCUT2D eigenvalue weighted by Gasteiger charge is 2.54. The van der Waals surface area contributed by atoms with Gasteiger partial charge in [-0.3, -0.25) is 4.79 Å². The van der Waals surface area contributed by atoms with Gasteiger partial charge in [-0.1, -0.05) is 0 Å². The minimum atomic E-state index is -0.171. The lowest BCUT2D eigenvalue weighted by Crippen LogP contribution is -2.55. The first-order chi connectivity index (χ1) is 12.4. The average molecular weight is 373 g/mol. The maximum Gasteiger partial charge on any atom is 0.232 e. The molecule has 0 saturated heterocycles. The number of amides is 1. The Labute approximate surface area is 161 Å². The lowest BCUT2D eigenvalue weighted by molar-refractivity contribution is -0.144. The van der Waals surface area contributed by atoms with Crippen LogP contribution in [0.3, 0.4) is 0 Å². The van der Waals surface area contributed by atoms with Gasteiger partial charge in [0.1, 0.15) is 5.75 Å². The number of hydrogen-bond donors (Lipinski definition) is 2. The smallest absolute Gasteiger partial charge is 0.232 e. The fourth-order valence-electron chi connectivity index (χ4n) is 5.68. The fraction of sp³-hybridized carbons (Fsp3) is 0.619. The van der Waals surface area contributed by atoms with Gasteiger partial charge < -0.3 is 15.4 Å². The van der Waals surface area contributed by atoms with E-state index in [-0.39, 0.29) is 17.4 Å². The highest BCUT2D eigenvalue weighted by Crippen LogP contribution is 2.60. The molecule has 5 heteroatoms. The number of hydrogen-bond acceptors (Lipinski definition) is 3. The Bertz CT molecular complexity index is 663. The first-order valence-electron chi connectivity index (χ1n) is 9.81. The number of nitrogens with one attached hydrogen (secondary N) is 2. The molecule has 0 heterocycles. The second kappa shape index (κ2) is 6.84. The number of ether oxygens (including phenoxy) is 1. The first-order valence-corrected chi connectivity index (χ1v) is 10.2. The van der Waals surface area contributed by atoms with Crippen LogP contribution in [0.4, 0.5) is 5.69 Å². The first kappa shape index (κ1) is 17.8. The van der Waals surface area contributed by atoms with E-state index in [0.29, 0.717) is 5.11 Å². The zero-order valence-electron chi connectivity index (χ0n) is 15.6. The van der Waals surface area contributed by atoms with E-state index < -0.39 is 0 Å². The van der Waals surface area contributed by atoms with E-state index in [1.165, 1.54) is 19.3 Å². The zero-order valence-corrected chi connectivity index (χ0v) is 16.4. The zero-order chi connectivity index (χ0) is 18.3. The summed E-state index contributed by atoms with van der Waals surface area (Å²) in [4.78, 5) is 13.0. The van der Waals surface area contributed by atoms with Crippen LogP contribution in [0.5, 0.6) is 5.75 Å². The summed E-state index contributed by atoms with van der Waals surface area (Å²) in [5.41, 5.74) is 0.687. The number of carbonyl (C=O) groups is 1. The van der Waals surface area contributed by atoms with E-state index in [2.05, 4.69) is 10.6 Å². The van der Waals surface area contributed by atoms with Crippen molar-refractivity contribution in [2.75, 3.05) is 5.32 Å². The highest BCUT2D eigenvalue weighted by atomic mass is 32.1. The lowest BCUT2D eigenvalue weighted by Gasteiger charge is -2.55. The van der Waals surface area contributed by atoms with Gasteiger partial charge in [-0.2, -0.15) is 0 Å². The van der Waals surface area contributed by atoms with E-state index in [1.807, 2.05) is 38.1 Å². The molecule has 26 heavy (non-hydrogen) atoms. The minimum absolute atomic E-state index is 0.133. The topological polar surface area (TPSA) is 50.4 Å². The largest absolute Gasteiger partial charge is 0.491 e. The molecule has 0 aliphatic heterocycles. The number of carbonyl (C=O) groups excluding carboxylic acids is 1. The summed E-state index contributed by atoms with van der Waals surface area (Å²) >= 11 is 5.40. The summed E-state index contributed by atoms with van der Waals surface area (Å²) in [7, 11) is 0. The van der Waals surface area contributed by atoms with Crippen molar-refractivity contribution < 1.29 is 9.53 Å². The van der Waals surface area contributed by atoms with E-state index in [4.69, 9.17) is 17.0 Å². The van der Waals surface area contributed by atoms with Crippen molar-refractivity contribution in [3.05, 3.63) is 24.3 Å². The van der Waals surface area contributed by atoms with Gasteiger partial charge in [0, 0.05) is 5.69 Å². The molecular weight excluding hydrogens is 344 g/mol. The van der Waals surface area contributed by atoms with Crippen LogP contribution >= 0.6 is 12.2 Å². The number of anilines is 1. The molecular formula is C21H28N2O2S.